The highest BCUT2D eigenvalue weighted by Crippen LogP contribution is 2.30. The molecule has 2 heterocycles. The lowest BCUT2D eigenvalue weighted by Crippen LogP contribution is -2.66. The van der Waals surface area contributed by atoms with E-state index in [1.54, 1.807) is 4.90 Å². The molecule has 3 atom stereocenters. The first-order valence-corrected chi connectivity index (χ1v) is 9.47. The van der Waals surface area contributed by atoms with Gasteiger partial charge in [0, 0.05) is 11.7 Å². The predicted molar refractivity (Wildman–Crippen MR) is 86.7 cm³/mol. The molecule has 1 amide bonds. The smallest absolute Gasteiger partial charge is 0.244 e. The maximum absolute atomic E-state index is 12.9. The van der Waals surface area contributed by atoms with Gasteiger partial charge >= 0.3 is 0 Å². The van der Waals surface area contributed by atoms with E-state index in [4.69, 9.17) is 0 Å². The molecule has 120 valence electrons. The standard InChI is InChI=1S/C16H22N2O3S/c1-10(2)15-16(19)18(12-6-4-11(3)5-7-12)14-9-22(20,21)8-13(14)17-15/h4-7,10,13-15,17H,8-9H2,1-3H3/t13-,14+,15+/m1/s1. The minimum atomic E-state index is -3.11. The van der Waals surface area contributed by atoms with Crippen molar-refractivity contribution < 1.29 is 13.2 Å². The molecule has 2 fully saturated rings. The van der Waals surface area contributed by atoms with Gasteiger partial charge in [-0.25, -0.2) is 8.42 Å². The number of benzene rings is 1. The first kappa shape index (κ1) is 15.5. The summed E-state index contributed by atoms with van der Waals surface area (Å²) in [5.74, 6) is 0.230. The van der Waals surface area contributed by atoms with Crippen molar-refractivity contribution in [3.05, 3.63) is 29.8 Å². The van der Waals surface area contributed by atoms with Crippen LogP contribution in [0.5, 0.6) is 0 Å². The van der Waals surface area contributed by atoms with Crippen LogP contribution < -0.4 is 10.2 Å². The van der Waals surface area contributed by atoms with Gasteiger partial charge in [-0.05, 0) is 25.0 Å². The summed E-state index contributed by atoms with van der Waals surface area (Å²) < 4.78 is 24.1. The zero-order chi connectivity index (χ0) is 16.1. The molecule has 2 saturated heterocycles. The number of rotatable bonds is 2. The first-order chi connectivity index (χ1) is 10.3. The second-order valence-corrected chi connectivity index (χ2v) is 8.84. The molecule has 1 aromatic rings. The van der Waals surface area contributed by atoms with E-state index in [1.165, 1.54) is 0 Å². The van der Waals surface area contributed by atoms with Crippen LogP contribution in [0.25, 0.3) is 0 Å². The molecule has 1 N–H and O–H groups in total. The number of hydrogen-bond acceptors (Lipinski definition) is 4. The van der Waals surface area contributed by atoms with Crippen LogP contribution in [0.4, 0.5) is 5.69 Å². The third-order valence-electron chi connectivity index (χ3n) is 4.53. The molecule has 5 nitrogen and oxygen atoms in total. The van der Waals surface area contributed by atoms with E-state index in [0.29, 0.717) is 0 Å². The van der Waals surface area contributed by atoms with Gasteiger partial charge in [0.1, 0.15) is 0 Å². The molecule has 0 unspecified atom stereocenters. The van der Waals surface area contributed by atoms with Gasteiger partial charge in [0.25, 0.3) is 0 Å². The van der Waals surface area contributed by atoms with Crippen LogP contribution in [0.15, 0.2) is 24.3 Å². The normalized spacial score (nSPS) is 30.6. The Balaban J connectivity index is 2.03. The third kappa shape index (κ3) is 2.65. The van der Waals surface area contributed by atoms with E-state index in [0.717, 1.165) is 11.3 Å². The van der Waals surface area contributed by atoms with E-state index in [2.05, 4.69) is 5.32 Å². The van der Waals surface area contributed by atoms with Crippen LogP contribution >= 0.6 is 0 Å². The van der Waals surface area contributed by atoms with Crippen LogP contribution in [-0.4, -0.2) is 44.0 Å². The molecule has 0 saturated carbocycles. The zero-order valence-corrected chi connectivity index (χ0v) is 13.9. The lowest BCUT2D eigenvalue weighted by atomic mass is 9.94. The average molecular weight is 322 g/mol. The van der Waals surface area contributed by atoms with Gasteiger partial charge in [0.15, 0.2) is 9.84 Å². The number of hydrogen-bond donors (Lipinski definition) is 1. The van der Waals surface area contributed by atoms with Gasteiger partial charge in [0.05, 0.1) is 23.6 Å². The summed E-state index contributed by atoms with van der Waals surface area (Å²) in [6, 6.07) is 6.87. The number of nitrogens with zero attached hydrogens (tertiary/aromatic N) is 1. The molecule has 0 aliphatic carbocycles. The predicted octanol–water partition coefficient (Wildman–Crippen LogP) is 1.12. The van der Waals surface area contributed by atoms with Crippen molar-refractivity contribution in [3.63, 3.8) is 0 Å². The summed E-state index contributed by atoms with van der Waals surface area (Å²) >= 11 is 0. The molecule has 22 heavy (non-hydrogen) atoms. The number of anilines is 1. The van der Waals surface area contributed by atoms with Crippen molar-refractivity contribution in [2.45, 2.75) is 38.9 Å². The highest BCUT2D eigenvalue weighted by Gasteiger charge is 2.49. The second-order valence-electron chi connectivity index (χ2n) is 6.68. The van der Waals surface area contributed by atoms with E-state index in [1.807, 2.05) is 45.0 Å². The number of nitrogens with one attached hydrogen (secondary N) is 1. The van der Waals surface area contributed by atoms with E-state index in [9.17, 15) is 13.2 Å². The van der Waals surface area contributed by atoms with Gasteiger partial charge in [0.2, 0.25) is 5.91 Å². The Labute approximate surface area is 131 Å². The second kappa shape index (κ2) is 5.35. The number of aryl methyl sites for hydroxylation is 1. The molecule has 3 rings (SSSR count). The van der Waals surface area contributed by atoms with Gasteiger partial charge < -0.3 is 4.90 Å². The molecule has 2 aliphatic heterocycles. The number of amides is 1. The fourth-order valence-electron chi connectivity index (χ4n) is 3.36. The summed E-state index contributed by atoms with van der Waals surface area (Å²) in [4.78, 5) is 14.6. The van der Waals surface area contributed by atoms with Gasteiger partial charge in [-0.15, -0.1) is 0 Å². The number of sulfone groups is 1. The van der Waals surface area contributed by atoms with Crippen LogP contribution in [0, 0.1) is 12.8 Å². The highest BCUT2D eigenvalue weighted by atomic mass is 32.2. The largest absolute Gasteiger partial charge is 0.305 e. The number of carbonyl (C=O) groups excluding carboxylic acids is 1. The summed E-state index contributed by atoms with van der Waals surface area (Å²) in [5, 5.41) is 3.26. The average Bonchev–Trinajstić information content (AvgIpc) is 2.73. The van der Waals surface area contributed by atoms with Gasteiger partial charge in [-0.1, -0.05) is 31.5 Å². The molecule has 0 radical (unpaired) electrons. The fraction of sp³-hybridized carbons (Fsp3) is 0.562. The van der Waals surface area contributed by atoms with Crippen LogP contribution in [0.3, 0.4) is 0 Å². The molecule has 0 aromatic heterocycles. The minimum absolute atomic E-state index is 0.0304. The Bertz CT molecular complexity index is 682. The Kier molecular flexibility index (Phi) is 3.77. The van der Waals surface area contributed by atoms with Gasteiger partial charge in [-0.3, -0.25) is 10.1 Å². The van der Waals surface area contributed by atoms with Crippen molar-refractivity contribution in [2.75, 3.05) is 16.4 Å². The summed E-state index contributed by atoms with van der Waals surface area (Å²) in [6.45, 7) is 5.95. The Morgan fingerprint density at radius 2 is 1.82 bits per heavy atom. The highest BCUT2D eigenvalue weighted by molar-refractivity contribution is 7.91. The summed E-state index contributed by atoms with van der Waals surface area (Å²) in [7, 11) is -3.11. The zero-order valence-electron chi connectivity index (χ0n) is 13.1. The fourth-order valence-corrected chi connectivity index (χ4v) is 5.26. The minimum Gasteiger partial charge on any atom is -0.305 e. The molecular formula is C16H22N2O3S. The van der Waals surface area contributed by atoms with Gasteiger partial charge in [-0.2, -0.15) is 0 Å². The topological polar surface area (TPSA) is 66.5 Å². The molecular weight excluding hydrogens is 300 g/mol. The van der Waals surface area contributed by atoms with Crippen LogP contribution in [0.2, 0.25) is 0 Å². The quantitative estimate of drug-likeness (QED) is 0.886. The van der Waals surface area contributed by atoms with Crippen LogP contribution in [-0.2, 0) is 14.6 Å². The molecule has 6 heteroatoms. The first-order valence-electron chi connectivity index (χ1n) is 7.65. The molecule has 0 spiro atoms. The maximum atomic E-state index is 12.9. The summed E-state index contributed by atoms with van der Waals surface area (Å²) in [6.07, 6.45) is 0. The van der Waals surface area contributed by atoms with E-state index in [-0.39, 0.29) is 41.5 Å². The molecule has 1 aromatic carbocycles. The lowest BCUT2D eigenvalue weighted by Gasteiger charge is -2.42. The van der Waals surface area contributed by atoms with E-state index >= 15 is 0 Å². The molecule has 2 aliphatic rings. The Hall–Kier alpha value is -1.40. The molecule has 0 bridgehead atoms. The number of piperazine rings is 1. The van der Waals surface area contributed by atoms with Crippen molar-refractivity contribution in [2.24, 2.45) is 5.92 Å². The maximum Gasteiger partial charge on any atom is 0.244 e. The Morgan fingerprint density at radius 3 is 2.41 bits per heavy atom. The number of fused-ring (bicyclic) bond motifs is 1. The van der Waals surface area contributed by atoms with Crippen molar-refractivity contribution in [1.82, 2.24) is 5.32 Å². The number of carbonyl (C=O) groups is 1. The third-order valence-corrected chi connectivity index (χ3v) is 6.25. The van der Waals surface area contributed by atoms with E-state index < -0.39 is 9.84 Å². The lowest BCUT2D eigenvalue weighted by molar-refractivity contribution is -0.123. The summed E-state index contributed by atoms with van der Waals surface area (Å²) in [5.41, 5.74) is 1.90. The monoisotopic (exact) mass is 322 g/mol. The van der Waals surface area contributed by atoms with Crippen molar-refractivity contribution in [1.29, 1.82) is 0 Å². The van der Waals surface area contributed by atoms with Crippen molar-refractivity contribution in [3.8, 4) is 0 Å². The SMILES string of the molecule is Cc1ccc(N2C(=O)[C@H](C(C)C)N[C@@H]3CS(=O)(=O)C[C@@H]32)cc1. The Morgan fingerprint density at radius 1 is 1.18 bits per heavy atom. The van der Waals surface area contributed by atoms with Crippen LogP contribution in [0.1, 0.15) is 19.4 Å². The van der Waals surface area contributed by atoms with Crippen molar-refractivity contribution >= 4 is 21.4 Å².